The van der Waals surface area contributed by atoms with Gasteiger partial charge in [0.25, 0.3) is 0 Å². The Morgan fingerprint density at radius 2 is 1.81 bits per heavy atom. The standard InChI is InChI=1S/C18H23N3O5/c1-18(2,17(23)24)21-11-13(10-19-21)20-16(22)6-5-12-7-14(25-3)9-15(8-12)26-4/h7-11H,5-6H2,1-4H3,(H,20,22)(H,23,24). The second kappa shape index (κ2) is 7.90. The number of amides is 1. The molecule has 0 aliphatic heterocycles. The quantitative estimate of drug-likeness (QED) is 0.748. The topological polar surface area (TPSA) is 103 Å². The van der Waals surface area contributed by atoms with Crippen LogP contribution in [0.15, 0.2) is 30.6 Å². The molecule has 0 fully saturated rings. The van der Waals surface area contributed by atoms with E-state index in [9.17, 15) is 14.7 Å². The predicted molar refractivity (Wildman–Crippen MR) is 95.7 cm³/mol. The van der Waals surface area contributed by atoms with Crippen molar-refractivity contribution in [2.75, 3.05) is 19.5 Å². The number of nitrogens with zero attached hydrogens (tertiary/aromatic N) is 2. The van der Waals surface area contributed by atoms with Gasteiger partial charge in [-0.05, 0) is 38.0 Å². The fraction of sp³-hybridized carbons (Fsp3) is 0.389. The molecule has 0 radical (unpaired) electrons. The molecule has 2 N–H and O–H groups in total. The number of ether oxygens (including phenoxy) is 2. The van der Waals surface area contributed by atoms with Gasteiger partial charge in [-0.25, -0.2) is 4.79 Å². The average molecular weight is 361 g/mol. The lowest BCUT2D eigenvalue weighted by Crippen LogP contribution is -2.35. The lowest BCUT2D eigenvalue weighted by Gasteiger charge is -2.19. The first-order valence-electron chi connectivity index (χ1n) is 8.06. The van der Waals surface area contributed by atoms with Gasteiger partial charge in [-0.2, -0.15) is 5.10 Å². The number of anilines is 1. The summed E-state index contributed by atoms with van der Waals surface area (Å²) in [6.45, 7) is 3.06. The molecule has 0 aliphatic carbocycles. The third-order valence-electron chi connectivity index (χ3n) is 4.01. The number of hydrogen-bond acceptors (Lipinski definition) is 5. The second-order valence-corrected chi connectivity index (χ2v) is 6.31. The summed E-state index contributed by atoms with van der Waals surface area (Å²) < 4.78 is 11.7. The molecule has 1 amide bonds. The Labute approximate surface area is 151 Å². The second-order valence-electron chi connectivity index (χ2n) is 6.31. The van der Waals surface area contributed by atoms with Crippen LogP contribution in [0.2, 0.25) is 0 Å². The van der Waals surface area contributed by atoms with E-state index in [1.165, 1.54) is 30.9 Å². The van der Waals surface area contributed by atoms with Gasteiger partial charge in [-0.1, -0.05) is 0 Å². The Hall–Kier alpha value is -3.03. The molecule has 26 heavy (non-hydrogen) atoms. The van der Waals surface area contributed by atoms with Crippen LogP contribution in [0.1, 0.15) is 25.8 Å². The van der Waals surface area contributed by atoms with E-state index in [0.717, 1.165) is 5.56 Å². The van der Waals surface area contributed by atoms with Crippen LogP contribution in [-0.4, -0.2) is 41.0 Å². The van der Waals surface area contributed by atoms with Crippen molar-refractivity contribution in [1.29, 1.82) is 0 Å². The molecule has 1 aromatic carbocycles. The minimum absolute atomic E-state index is 0.195. The van der Waals surface area contributed by atoms with Crippen LogP contribution in [0.25, 0.3) is 0 Å². The highest BCUT2D eigenvalue weighted by Gasteiger charge is 2.30. The summed E-state index contributed by atoms with van der Waals surface area (Å²) in [5.41, 5.74) is 0.173. The number of carboxylic acid groups (broad SMARTS) is 1. The van der Waals surface area contributed by atoms with Crippen molar-refractivity contribution in [2.24, 2.45) is 0 Å². The lowest BCUT2D eigenvalue weighted by atomic mass is 10.1. The van der Waals surface area contributed by atoms with Crippen molar-refractivity contribution >= 4 is 17.6 Å². The number of carboxylic acids is 1. The number of aryl methyl sites for hydroxylation is 1. The van der Waals surface area contributed by atoms with Crippen LogP contribution in [0.3, 0.4) is 0 Å². The molecule has 0 atom stereocenters. The molecule has 1 aromatic heterocycles. The third-order valence-corrected chi connectivity index (χ3v) is 4.01. The van der Waals surface area contributed by atoms with E-state index in [2.05, 4.69) is 10.4 Å². The number of nitrogens with one attached hydrogen (secondary N) is 1. The first kappa shape index (κ1) is 19.3. The Morgan fingerprint density at radius 3 is 2.35 bits per heavy atom. The maximum atomic E-state index is 12.2. The van der Waals surface area contributed by atoms with Gasteiger partial charge in [0.2, 0.25) is 5.91 Å². The fourth-order valence-corrected chi connectivity index (χ4v) is 2.28. The molecule has 140 valence electrons. The lowest BCUT2D eigenvalue weighted by molar-refractivity contribution is -0.146. The van der Waals surface area contributed by atoms with Gasteiger partial charge >= 0.3 is 5.97 Å². The van der Waals surface area contributed by atoms with E-state index in [1.807, 2.05) is 12.1 Å². The molecule has 0 aliphatic rings. The minimum Gasteiger partial charge on any atom is -0.497 e. The molecule has 0 saturated carbocycles. The monoisotopic (exact) mass is 361 g/mol. The van der Waals surface area contributed by atoms with Gasteiger partial charge in [-0.15, -0.1) is 0 Å². The van der Waals surface area contributed by atoms with Crippen molar-refractivity contribution in [1.82, 2.24) is 9.78 Å². The van der Waals surface area contributed by atoms with E-state index < -0.39 is 11.5 Å². The smallest absolute Gasteiger partial charge is 0.331 e. The van der Waals surface area contributed by atoms with Crippen LogP contribution < -0.4 is 14.8 Å². The van der Waals surface area contributed by atoms with Crippen LogP contribution in [0, 0.1) is 0 Å². The molecule has 2 rings (SSSR count). The van der Waals surface area contributed by atoms with Crippen LogP contribution in [0.5, 0.6) is 11.5 Å². The molecule has 0 saturated heterocycles. The molecule has 0 unspecified atom stereocenters. The maximum absolute atomic E-state index is 12.2. The van der Waals surface area contributed by atoms with E-state index >= 15 is 0 Å². The Bertz CT molecular complexity index is 776. The molecule has 2 aromatic rings. The zero-order valence-corrected chi connectivity index (χ0v) is 15.3. The zero-order chi connectivity index (χ0) is 19.3. The van der Waals surface area contributed by atoms with Crippen molar-refractivity contribution in [3.8, 4) is 11.5 Å². The summed E-state index contributed by atoms with van der Waals surface area (Å²) in [5, 5.41) is 15.9. The zero-order valence-electron chi connectivity index (χ0n) is 15.3. The molecule has 0 spiro atoms. The van der Waals surface area contributed by atoms with Gasteiger partial charge in [0.05, 0.1) is 26.1 Å². The summed E-state index contributed by atoms with van der Waals surface area (Å²) >= 11 is 0. The number of carbonyl (C=O) groups is 2. The SMILES string of the molecule is COc1cc(CCC(=O)Nc2cnn(C(C)(C)C(=O)O)c2)cc(OC)c1. The van der Waals surface area contributed by atoms with E-state index in [1.54, 1.807) is 20.3 Å². The number of aliphatic carboxylic acids is 1. The largest absolute Gasteiger partial charge is 0.497 e. The number of carbonyl (C=O) groups excluding carboxylic acids is 1. The number of aromatic nitrogens is 2. The fourth-order valence-electron chi connectivity index (χ4n) is 2.28. The number of methoxy groups -OCH3 is 2. The van der Waals surface area contributed by atoms with E-state index in [4.69, 9.17) is 9.47 Å². The molecule has 8 nitrogen and oxygen atoms in total. The Balaban J connectivity index is 1.98. The number of hydrogen-bond donors (Lipinski definition) is 2. The van der Waals surface area contributed by atoms with Crippen molar-refractivity contribution in [3.05, 3.63) is 36.2 Å². The third kappa shape index (κ3) is 4.53. The van der Waals surface area contributed by atoms with Gasteiger partial charge in [0, 0.05) is 18.7 Å². The normalized spacial score (nSPS) is 11.1. The van der Waals surface area contributed by atoms with Gasteiger partial charge < -0.3 is 19.9 Å². The van der Waals surface area contributed by atoms with Gasteiger partial charge in [-0.3, -0.25) is 9.48 Å². The Morgan fingerprint density at radius 1 is 1.19 bits per heavy atom. The summed E-state index contributed by atoms with van der Waals surface area (Å²) in [7, 11) is 3.14. The highest BCUT2D eigenvalue weighted by atomic mass is 16.5. The molecular formula is C18H23N3O5. The predicted octanol–water partition coefficient (Wildman–Crippen LogP) is 2.29. The van der Waals surface area contributed by atoms with Gasteiger partial charge in [0.15, 0.2) is 5.54 Å². The van der Waals surface area contributed by atoms with E-state index in [-0.39, 0.29) is 12.3 Å². The van der Waals surface area contributed by atoms with Crippen LogP contribution >= 0.6 is 0 Å². The summed E-state index contributed by atoms with van der Waals surface area (Å²) in [6.07, 6.45) is 3.69. The van der Waals surface area contributed by atoms with Gasteiger partial charge in [0.1, 0.15) is 11.5 Å². The van der Waals surface area contributed by atoms with Crippen molar-refractivity contribution < 1.29 is 24.2 Å². The molecule has 1 heterocycles. The first-order valence-corrected chi connectivity index (χ1v) is 8.06. The number of benzene rings is 1. The van der Waals surface area contributed by atoms with E-state index in [0.29, 0.717) is 23.6 Å². The first-order chi connectivity index (χ1) is 12.3. The Kier molecular flexibility index (Phi) is 5.86. The molecule has 8 heteroatoms. The highest BCUT2D eigenvalue weighted by molar-refractivity contribution is 5.90. The summed E-state index contributed by atoms with van der Waals surface area (Å²) in [5.74, 6) is 0.124. The molecular weight excluding hydrogens is 338 g/mol. The van der Waals surface area contributed by atoms with Crippen molar-refractivity contribution in [2.45, 2.75) is 32.2 Å². The summed E-state index contributed by atoms with van der Waals surface area (Å²) in [6, 6.07) is 5.47. The maximum Gasteiger partial charge on any atom is 0.331 e. The van der Waals surface area contributed by atoms with Crippen LogP contribution in [0.4, 0.5) is 5.69 Å². The minimum atomic E-state index is -1.19. The average Bonchev–Trinajstić information content (AvgIpc) is 3.08. The number of rotatable bonds is 8. The molecule has 0 bridgehead atoms. The van der Waals surface area contributed by atoms with Crippen LogP contribution in [-0.2, 0) is 21.5 Å². The highest BCUT2D eigenvalue weighted by Crippen LogP contribution is 2.23. The summed E-state index contributed by atoms with van der Waals surface area (Å²) in [4.78, 5) is 23.4. The van der Waals surface area contributed by atoms with Crippen molar-refractivity contribution in [3.63, 3.8) is 0 Å².